The molecule has 1 aromatic rings. The standard InChI is InChI=1S/C13H18N2O3/c16-9-10-2-1-5-15(7-10)8-12-4-3-11(6-14-12)13(17)18/h3-4,6,10,16H,1-2,5,7-9H2,(H,17,18)/t10-/m1/s1. The molecule has 0 aromatic carbocycles. The zero-order valence-electron chi connectivity index (χ0n) is 10.2. The van der Waals surface area contributed by atoms with Gasteiger partial charge in [-0.3, -0.25) is 9.88 Å². The Morgan fingerprint density at radius 1 is 1.50 bits per heavy atom. The minimum atomic E-state index is -0.952. The van der Waals surface area contributed by atoms with Crippen molar-refractivity contribution in [2.75, 3.05) is 19.7 Å². The largest absolute Gasteiger partial charge is 0.478 e. The van der Waals surface area contributed by atoms with E-state index in [1.165, 1.54) is 6.20 Å². The number of hydrogen-bond donors (Lipinski definition) is 2. The highest BCUT2D eigenvalue weighted by Gasteiger charge is 2.19. The number of rotatable bonds is 4. The summed E-state index contributed by atoms with van der Waals surface area (Å²) in [5.74, 6) is -0.593. The zero-order chi connectivity index (χ0) is 13.0. The molecule has 1 atom stereocenters. The van der Waals surface area contributed by atoms with Crippen LogP contribution in [0.15, 0.2) is 18.3 Å². The smallest absolute Gasteiger partial charge is 0.337 e. The Balaban J connectivity index is 1.94. The van der Waals surface area contributed by atoms with E-state index in [1.807, 2.05) is 0 Å². The van der Waals surface area contributed by atoms with Gasteiger partial charge in [-0.15, -0.1) is 0 Å². The van der Waals surface area contributed by atoms with Gasteiger partial charge in [-0.2, -0.15) is 0 Å². The predicted molar refractivity (Wildman–Crippen MR) is 66.3 cm³/mol. The van der Waals surface area contributed by atoms with E-state index in [0.29, 0.717) is 5.92 Å². The Hall–Kier alpha value is -1.46. The molecular formula is C13H18N2O3. The average Bonchev–Trinajstić information content (AvgIpc) is 2.39. The summed E-state index contributed by atoms with van der Waals surface area (Å²) in [6, 6.07) is 3.34. The third-order valence-corrected chi connectivity index (χ3v) is 3.32. The molecule has 0 amide bonds. The lowest BCUT2D eigenvalue weighted by molar-refractivity contribution is 0.0696. The molecule has 0 unspecified atom stereocenters. The summed E-state index contributed by atoms with van der Waals surface area (Å²) in [6.07, 6.45) is 3.57. The number of aliphatic hydroxyl groups excluding tert-OH is 1. The topological polar surface area (TPSA) is 73.7 Å². The Kier molecular flexibility index (Phi) is 4.28. The van der Waals surface area contributed by atoms with Crippen LogP contribution in [0, 0.1) is 5.92 Å². The SMILES string of the molecule is O=C(O)c1ccc(CN2CCC[C@@H](CO)C2)nc1. The van der Waals surface area contributed by atoms with Crippen molar-refractivity contribution in [3.8, 4) is 0 Å². The van der Waals surface area contributed by atoms with Crippen molar-refractivity contribution in [2.45, 2.75) is 19.4 Å². The predicted octanol–water partition coefficient (Wildman–Crippen LogP) is 0.984. The lowest BCUT2D eigenvalue weighted by atomic mass is 9.99. The molecule has 1 fully saturated rings. The van der Waals surface area contributed by atoms with E-state index in [1.54, 1.807) is 12.1 Å². The third kappa shape index (κ3) is 3.27. The number of carboxylic acid groups (broad SMARTS) is 1. The fourth-order valence-electron chi connectivity index (χ4n) is 2.32. The first-order valence-electron chi connectivity index (χ1n) is 6.20. The maximum absolute atomic E-state index is 10.7. The highest BCUT2D eigenvalue weighted by atomic mass is 16.4. The van der Waals surface area contributed by atoms with E-state index >= 15 is 0 Å². The maximum Gasteiger partial charge on any atom is 0.337 e. The molecule has 0 spiro atoms. The van der Waals surface area contributed by atoms with Crippen LogP contribution in [-0.4, -0.2) is 45.8 Å². The van der Waals surface area contributed by atoms with E-state index in [2.05, 4.69) is 9.88 Å². The number of aliphatic hydroxyl groups is 1. The maximum atomic E-state index is 10.7. The van der Waals surface area contributed by atoms with Crippen molar-refractivity contribution in [1.82, 2.24) is 9.88 Å². The van der Waals surface area contributed by atoms with E-state index in [-0.39, 0.29) is 12.2 Å². The molecular weight excluding hydrogens is 232 g/mol. The van der Waals surface area contributed by atoms with Crippen molar-refractivity contribution in [1.29, 1.82) is 0 Å². The van der Waals surface area contributed by atoms with Gasteiger partial charge in [0, 0.05) is 25.9 Å². The molecule has 1 saturated heterocycles. The molecule has 0 aliphatic carbocycles. The normalized spacial score (nSPS) is 20.8. The lowest BCUT2D eigenvalue weighted by Crippen LogP contribution is -2.36. The fraction of sp³-hybridized carbons (Fsp3) is 0.538. The molecule has 2 heterocycles. The second kappa shape index (κ2) is 5.93. The van der Waals surface area contributed by atoms with Crippen LogP contribution in [0.4, 0.5) is 0 Å². The molecule has 2 rings (SSSR count). The first-order valence-corrected chi connectivity index (χ1v) is 6.20. The van der Waals surface area contributed by atoms with Gasteiger partial charge in [0.25, 0.3) is 0 Å². The number of likely N-dealkylation sites (tertiary alicyclic amines) is 1. The summed E-state index contributed by atoms with van der Waals surface area (Å²) in [7, 11) is 0. The van der Waals surface area contributed by atoms with Gasteiger partial charge in [-0.05, 0) is 37.4 Å². The number of aromatic carboxylic acids is 1. The summed E-state index contributed by atoms with van der Waals surface area (Å²) < 4.78 is 0. The number of carboxylic acids is 1. The number of aromatic nitrogens is 1. The molecule has 1 aliphatic heterocycles. The minimum absolute atomic E-state index is 0.214. The van der Waals surface area contributed by atoms with Crippen LogP contribution in [0.2, 0.25) is 0 Å². The average molecular weight is 250 g/mol. The van der Waals surface area contributed by atoms with Gasteiger partial charge in [-0.25, -0.2) is 4.79 Å². The van der Waals surface area contributed by atoms with Crippen LogP contribution in [0.3, 0.4) is 0 Å². The van der Waals surface area contributed by atoms with Crippen molar-refractivity contribution < 1.29 is 15.0 Å². The van der Waals surface area contributed by atoms with Crippen LogP contribution < -0.4 is 0 Å². The van der Waals surface area contributed by atoms with Crippen molar-refractivity contribution in [3.63, 3.8) is 0 Å². The van der Waals surface area contributed by atoms with Crippen LogP contribution in [0.1, 0.15) is 28.9 Å². The van der Waals surface area contributed by atoms with Gasteiger partial charge >= 0.3 is 5.97 Å². The fourth-order valence-corrected chi connectivity index (χ4v) is 2.32. The molecule has 0 radical (unpaired) electrons. The third-order valence-electron chi connectivity index (χ3n) is 3.32. The second-order valence-corrected chi connectivity index (χ2v) is 4.77. The number of hydrogen-bond acceptors (Lipinski definition) is 4. The molecule has 18 heavy (non-hydrogen) atoms. The molecule has 1 aliphatic rings. The Labute approximate surface area is 106 Å². The van der Waals surface area contributed by atoms with Gasteiger partial charge in [0.15, 0.2) is 0 Å². The summed E-state index contributed by atoms with van der Waals surface area (Å²) in [6.45, 7) is 2.86. The van der Waals surface area contributed by atoms with E-state index in [4.69, 9.17) is 10.2 Å². The molecule has 2 N–H and O–H groups in total. The van der Waals surface area contributed by atoms with Crippen molar-refractivity contribution >= 4 is 5.97 Å². The van der Waals surface area contributed by atoms with Crippen LogP contribution in [0.25, 0.3) is 0 Å². The number of carbonyl (C=O) groups is 1. The summed E-state index contributed by atoms with van der Waals surface area (Å²) in [4.78, 5) is 17.1. The first-order chi connectivity index (χ1) is 8.69. The van der Waals surface area contributed by atoms with Crippen LogP contribution in [0.5, 0.6) is 0 Å². The minimum Gasteiger partial charge on any atom is -0.478 e. The molecule has 98 valence electrons. The lowest BCUT2D eigenvalue weighted by Gasteiger charge is -2.31. The monoisotopic (exact) mass is 250 g/mol. The second-order valence-electron chi connectivity index (χ2n) is 4.77. The van der Waals surface area contributed by atoms with Gasteiger partial charge in [-0.1, -0.05) is 0 Å². The quantitative estimate of drug-likeness (QED) is 0.833. The molecule has 1 aromatic heterocycles. The van der Waals surface area contributed by atoms with Crippen LogP contribution >= 0.6 is 0 Å². The Morgan fingerprint density at radius 3 is 2.94 bits per heavy atom. The van der Waals surface area contributed by atoms with Crippen molar-refractivity contribution in [2.24, 2.45) is 5.92 Å². The number of nitrogens with zero attached hydrogens (tertiary/aromatic N) is 2. The van der Waals surface area contributed by atoms with Gasteiger partial charge in [0.2, 0.25) is 0 Å². The van der Waals surface area contributed by atoms with Crippen LogP contribution in [-0.2, 0) is 6.54 Å². The Morgan fingerprint density at radius 2 is 2.33 bits per heavy atom. The summed E-state index contributed by atoms with van der Waals surface area (Å²) in [5.41, 5.74) is 1.09. The zero-order valence-corrected chi connectivity index (χ0v) is 10.2. The molecule has 5 heteroatoms. The molecule has 0 bridgehead atoms. The van der Waals surface area contributed by atoms with E-state index in [0.717, 1.165) is 38.2 Å². The summed E-state index contributed by atoms with van der Waals surface area (Å²) in [5, 5.41) is 18.0. The highest BCUT2D eigenvalue weighted by molar-refractivity contribution is 5.87. The first kappa shape index (κ1) is 13.0. The number of piperidine rings is 1. The Bertz CT molecular complexity index is 405. The van der Waals surface area contributed by atoms with Gasteiger partial charge in [0.05, 0.1) is 11.3 Å². The van der Waals surface area contributed by atoms with Gasteiger partial charge < -0.3 is 10.2 Å². The molecule has 0 saturated carbocycles. The van der Waals surface area contributed by atoms with E-state index in [9.17, 15) is 4.79 Å². The van der Waals surface area contributed by atoms with Crippen molar-refractivity contribution in [3.05, 3.63) is 29.6 Å². The highest BCUT2D eigenvalue weighted by Crippen LogP contribution is 2.17. The molecule has 5 nitrogen and oxygen atoms in total. The number of pyridine rings is 1. The summed E-state index contributed by atoms with van der Waals surface area (Å²) >= 11 is 0. The van der Waals surface area contributed by atoms with Gasteiger partial charge in [0.1, 0.15) is 0 Å². The van der Waals surface area contributed by atoms with E-state index < -0.39 is 5.97 Å².